The molecule has 0 aromatic heterocycles. The first-order valence-electron chi connectivity index (χ1n) is 16.9. The summed E-state index contributed by atoms with van der Waals surface area (Å²) in [5.41, 5.74) is -0.648. The number of esters is 1. The van der Waals surface area contributed by atoms with E-state index in [1.165, 1.54) is 17.0 Å². The van der Waals surface area contributed by atoms with Crippen molar-refractivity contribution in [3.05, 3.63) is 35.9 Å². The van der Waals surface area contributed by atoms with Gasteiger partial charge in [-0.1, -0.05) is 33.8 Å². The quantitative estimate of drug-likeness (QED) is 0.0872. The van der Waals surface area contributed by atoms with Crippen molar-refractivity contribution in [2.45, 2.75) is 104 Å². The van der Waals surface area contributed by atoms with Crippen LogP contribution in [0.2, 0.25) is 0 Å². The van der Waals surface area contributed by atoms with E-state index in [0.717, 1.165) is 6.08 Å². The summed E-state index contributed by atoms with van der Waals surface area (Å²) >= 11 is 0. The lowest BCUT2D eigenvalue weighted by Crippen LogP contribution is -2.42. The minimum Gasteiger partial charge on any atom is -0.479 e. The molecule has 51 heavy (non-hydrogen) atoms. The second-order valence-electron chi connectivity index (χ2n) is 14.0. The van der Waals surface area contributed by atoms with Crippen LogP contribution in [0.5, 0.6) is 5.75 Å². The number of hydrogen-bond acceptors (Lipinski definition) is 11. The molecule has 0 saturated carbocycles. The van der Waals surface area contributed by atoms with Crippen LogP contribution < -0.4 is 15.4 Å². The predicted octanol–water partition coefficient (Wildman–Crippen LogP) is 2.98. The summed E-state index contributed by atoms with van der Waals surface area (Å²) in [6.07, 6.45) is 0.295. The highest BCUT2D eigenvalue weighted by molar-refractivity contribution is 5.93. The fourth-order valence-electron chi connectivity index (χ4n) is 4.73. The number of anilines is 1. The van der Waals surface area contributed by atoms with E-state index in [1.54, 1.807) is 46.9 Å². The first-order valence-corrected chi connectivity index (χ1v) is 16.9. The molecule has 4 N–H and O–H groups in total. The molecule has 1 aromatic rings. The highest BCUT2D eigenvalue weighted by Gasteiger charge is 2.34. The molecule has 3 unspecified atom stereocenters. The molecule has 0 bridgehead atoms. The Morgan fingerprint density at radius 1 is 1.10 bits per heavy atom. The van der Waals surface area contributed by atoms with Gasteiger partial charge in [0.1, 0.15) is 18.6 Å². The number of carbonyl (C=O) groups is 6. The summed E-state index contributed by atoms with van der Waals surface area (Å²) in [4.78, 5) is 73.4. The van der Waals surface area contributed by atoms with Crippen LogP contribution in [-0.2, 0) is 49.6 Å². The Hall–Kier alpha value is -4.34. The standard InChI is InChI=1S/C36H53N3O12/c1-23(2)33(46)48-22-24-10-11-27(50-31-21-25(41)20-28(51-31)32(44)45)26(19-24)38-29(42)12-15-37-34(47)35(3,4)14-18-49-36(5,6)13-16-39(7)30(43)9-8-17-40/h8-11,17,19,23,25,28,31,41H,12-16,18,20-22H2,1-7H3,(H,37,47)(H,38,42)(H,44,45)/b9-8-. The zero-order chi connectivity index (χ0) is 38.4. The van der Waals surface area contributed by atoms with E-state index in [9.17, 15) is 39.0 Å². The third kappa shape index (κ3) is 15.2. The van der Waals surface area contributed by atoms with Crippen molar-refractivity contribution >= 4 is 41.6 Å². The lowest BCUT2D eigenvalue weighted by atomic mass is 9.88. The molecule has 3 amide bonds. The van der Waals surface area contributed by atoms with Gasteiger partial charge in [0, 0.05) is 57.5 Å². The fraction of sp³-hybridized carbons (Fsp3) is 0.611. The van der Waals surface area contributed by atoms with E-state index in [-0.39, 0.29) is 68.2 Å². The number of nitrogens with zero attached hydrogens (tertiary/aromatic N) is 1. The lowest BCUT2D eigenvalue weighted by Gasteiger charge is -2.31. The topological polar surface area (TPSA) is 207 Å². The number of ether oxygens (including phenoxy) is 4. The number of aliphatic carboxylic acids is 1. The van der Waals surface area contributed by atoms with E-state index in [2.05, 4.69) is 10.6 Å². The molecule has 0 spiro atoms. The smallest absolute Gasteiger partial charge is 0.333 e. The fourth-order valence-corrected chi connectivity index (χ4v) is 4.73. The zero-order valence-corrected chi connectivity index (χ0v) is 30.6. The molecule has 1 aromatic carbocycles. The van der Waals surface area contributed by atoms with E-state index in [0.29, 0.717) is 31.2 Å². The van der Waals surface area contributed by atoms with Crippen molar-refractivity contribution in [2.24, 2.45) is 11.3 Å². The average molecular weight is 720 g/mol. The van der Waals surface area contributed by atoms with Crippen molar-refractivity contribution in [3.8, 4) is 5.75 Å². The Morgan fingerprint density at radius 3 is 2.45 bits per heavy atom. The van der Waals surface area contributed by atoms with Crippen molar-refractivity contribution in [1.82, 2.24) is 10.2 Å². The van der Waals surface area contributed by atoms with Gasteiger partial charge in [0.05, 0.1) is 23.3 Å². The number of hydrogen-bond donors (Lipinski definition) is 4. The maximum Gasteiger partial charge on any atom is 0.333 e. The molecule has 2 rings (SSSR count). The third-order valence-electron chi connectivity index (χ3n) is 8.19. The number of aliphatic hydroxyl groups is 1. The molecule has 15 heteroatoms. The number of nitrogens with one attached hydrogen (secondary N) is 2. The van der Waals surface area contributed by atoms with Crippen LogP contribution in [0.3, 0.4) is 0 Å². The summed E-state index contributed by atoms with van der Waals surface area (Å²) < 4.78 is 22.7. The normalized spacial score (nSPS) is 17.9. The van der Waals surface area contributed by atoms with Gasteiger partial charge in [0.2, 0.25) is 24.0 Å². The molecule has 15 nitrogen and oxygen atoms in total. The highest BCUT2D eigenvalue weighted by atomic mass is 16.7. The minimum atomic E-state index is -1.26. The van der Waals surface area contributed by atoms with Crippen molar-refractivity contribution in [2.75, 3.05) is 32.1 Å². The SMILES string of the molecule is CC(C)C(=O)OCc1ccc(OC2CC(O)CC(C(=O)O)O2)c(NC(=O)CCNC(=O)C(C)(C)CCOC(C)(C)CCN(C)C(=O)/C=C\C=O)c1. The molecular weight excluding hydrogens is 666 g/mol. The number of carboxylic acids is 1. The largest absolute Gasteiger partial charge is 0.479 e. The van der Waals surface area contributed by atoms with Gasteiger partial charge in [0.15, 0.2) is 6.10 Å². The number of carboxylic acid groups (broad SMARTS) is 1. The number of benzene rings is 1. The predicted molar refractivity (Wildman–Crippen MR) is 185 cm³/mol. The maximum absolute atomic E-state index is 13.0. The van der Waals surface area contributed by atoms with Crippen LogP contribution in [0, 0.1) is 11.3 Å². The Balaban J connectivity index is 1.96. The van der Waals surface area contributed by atoms with Gasteiger partial charge in [-0.05, 0) is 50.5 Å². The van der Waals surface area contributed by atoms with Crippen molar-refractivity contribution in [1.29, 1.82) is 0 Å². The van der Waals surface area contributed by atoms with Crippen molar-refractivity contribution < 1.29 is 57.9 Å². The van der Waals surface area contributed by atoms with Crippen LogP contribution in [0.15, 0.2) is 30.4 Å². The van der Waals surface area contributed by atoms with Crippen molar-refractivity contribution in [3.63, 3.8) is 0 Å². The summed E-state index contributed by atoms with van der Waals surface area (Å²) in [5, 5.41) is 25.1. The van der Waals surface area contributed by atoms with Gasteiger partial charge in [0.25, 0.3) is 0 Å². The number of carbonyl (C=O) groups excluding carboxylic acids is 5. The molecule has 3 atom stereocenters. The Morgan fingerprint density at radius 2 is 1.80 bits per heavy atom. The van der Waals surface area contributed by atoms with Gasteiger partial charge >= 0.3 is 11.9 Å². The molecule has 1 aliphatic rings. The maximum atomic E-state index is 13.0. The lowest BCUT2D eigenvalue weighted by molar-refractivity contribution is -0.195. The second kappa shape index (κ2) is 19.9. The molecule has 284 valence electrons. The average Bonchev–Trinajstić information content (AvgIpc) is 3.05. The first-order chi connectivity index (χ1) is 23.8. The number of aldehydes is 1. The molecule has 1 heterocycles. The van der Waals surface area contributed by atoms with Gasteiger partial charge in [-0.25, -0.2) is 4.79 Å². The number of likely N-dealkylation sites (N-methyl/N-ethyl adjacent to an activating group) is 1. The molecule has 1 fully saturated rings. The highest BCUT2D eigenvalue weighted by Crippen LogP contribution is 2.31. The van der Waals surface area contributed by atoms with Crippen LogP contribution in [0.25, 0.3) is 0 Å². The Labute approximate surface area is 299 Å². The van der Waals surface area contributed by atoms with Crippen LogP contribution in [-0.4, -0.2) is 102 Å². The van der Waals surface area contributed by atoms with Gasteiger partial charge < -0.3 is 44.7 Å². The van der Waals surface area contributed by atoms with E-state index in [4.69, 9.17) is 18.9 Å². The molecular formula is C36H53N3O12. The first kappa shape index (κ1) is 42.8. The van der Waals surface area contributed by atoms with Crippen LogP contribution in [0.4, 0.5) is 5.69 Å². The Kier molecular flexibility index (Phi) is 16.7. The van der Waals surface area contributed by atoms with Crippen LogP contribution in [0.1, 0.15) is 79.2 Å². The summed E-state index contributed by atoms with van der Waals surface area (Å²) in [6, 6.07) is 4.69. The summed E-state index contributed by atoms with van der Waals surface area (Å²) in [6.45, 7) is 11.4. The van der Waals surface area contributed by atoms with Crippen LogP contribution >= 0.6 is 0 Å². The molecule has 1 saturated heterocycles. The monoisotopic (exact) mass is 719 g/mol. The Bertz CT molecular complexity index is 1410. The van der Waals surface area contributed by atoms with Gasteiger partial charge in [-0.2, -0.15) is 0 Å². The van der Waals surface area contributed by atoms with E-state index in [1.807, 2.05) is 13.8 Å². The molecule has 1 aliphatic heterocycles. The third-order valence-corrected chi connectivity index (χ3v) is 8.19. The van der Waals surface area contributed by atoms with E-state index < -0.39 is 47.4 Å². The molecule has 0 aliphatic carbocycles. The number of allylic oxidation sites excluding steroid dienone is 1. The number of amides is 3. The van der Waals surface area contributed by atoms with Gasteiger partial charge in [-0.3, -0.25) is 24.0 Å². The van der Waals surface area contributed by atoms with E-state index >= 15 is 0 Å². The number of aliphatic hydroxyl groups excluding tert-OH is 1. The molecule has 0 radical (unpaired) electrons. The second-order valence-corrected chi connectivity index (χ2v) is 14.0. The zero-order valence-electron chi connectivity index (χ0n) is 30.6. The number of rotatable bonds is 20. The minimum absolute atomic E-state index is 0.00879. The summed E-state index contributed by atoms with van der Waals surface area (Å²) in [5.74, 6) is -2.85. The van der Waals surface area contributed by atoms with Gasteiger partial charge in [-0.15, -0.1) is 0 Å². The summed E-state index contributed by atoms with van der Waals surface area (Å²) in [7, 11) is 1.63.